The Hall–Kier alpha value is -0.120. The first-order chi connectivity index (χ1) is 5.82. The summed E-state index contributed by atoms with van der Waals surface area (Å²) in [5, 5.41) is 3.48. The van der Waals surface area contributed by atoms with Gasteiger partial charge in [0.25, 0.3) is 0 Å². The Labute approximate surface area is 86.4 Å². The Morgan fingerprint density at radius 2 is 2.23 bits per heavy atom. The maximum atomic E-state index is 12.8. The lowest BCUT2D eigenvalue weighted by Gasteiger charge is -2.25. The zero-order valence-corrected chi connectivity index (χ0v) is 9.74. The van der Waals surface area contributed by atoms with Crippen molar-refractivity contribution in [2.24, 2.45) is 5.41 Å². The normalized spacial score (nSPS) is 32.8. The summed E-state index contributed by atoms with van der Waals surface area (Å²) in [5.74, 6) is -0.176. The van der Waals surface area contributed by atoms with Gasteiger partial charge in [-0.3, -0.25) is 4.79 Å². The molecule has 0 heterocycles. The van der Waals surface area contributed by atoms with Crippen LogP contribution in [-0.2, 0) is 4.79 Å². The van der Waals surface area contributed by atoms with E-state index < -0.39 is 11.6 Å². The predicted octanol–water partition coefficient (Wildman–Crippen LogP) is 2.02. The highest BCUT2D eigenvalue weighted by Crippen LogP contribution is 2.48. The SMILES string of the molecule is CC(C)(CBr)NC(=O)C1(C)CC1F. The Bertz CT molecular complexity index is 232. The molecule has 1 aliphatic rings. The van der Waals surface area contributed by atoms with E-state index in [0.717, 1.165) is 0 Å². The molecule has 1 fully saturated rings. The van der Waals surface area contributed by atoms with E-state index in [9.17, 15) is 9.18 Å². The standard InChI is InChI=1S/C9H15BrFNO/c1-8(2,5-10)12-7(13)9(3)4-6(9)11/h6H,4-5H2,1-3H3,(H,12,13). The first-order valence-corrected chi connectivity index (χ1v) is 5.47. The van der Waals surface area contributed by atoms with Crippen LogP contribution >= 0.6 is 15.9 Å². The summed E-state index contributed by atoms with van der Waals surface area (Å²) in [7, 11) is 0. The minimum Gasteiger partial charge on any atom is -0.350 e. The Morgan fingerprint density at radius 1 is 1.77 bits per heavy atom. The molecule has 2 nitrogen and oxygen atoms in total. The molecule has 1 rings (SSSR count). The third-order valence-corrected chi connectivity index (χ3v) is 3.84. The average Bonchev–Trinajstić information content (AvgIpc) is 2.61. The fourth-order valence-electron chi connectivity index (χ4n) is 1.03. The van der Waals surface area contributed by atoms with Gasteiger partial charge in [-0.1, -0.05) is 15.9 Å². The molecule has 0 spiro atoms. The van der Waals surface area contributed by atoms with Gasteiger partial charge in [0.05, 0.1) is 5.41 Å². The minimum absolute atomic E-state index is 0.176. The van der Waals surface area contributed by atoms with Gasteiger partial charge in [0.1, 0.15) is 6.17 Å². The van der Waals surface area contributed by atoms with Crippen molar-refractivity contribution in [3.63, 3.8) is 0 Å². The lowest BCUT2D eigenvalue weighted by molar-refractivity contribution is -0.127. The van der Waals surface area contributed by atoms with Crippen LogP contribution in [0.5, 0.6) is 0 Å². The van der Waals surface area contributed by atoms with Gasteiger partial charge in [-0.25, -0.2) is 4.39 Å². The molecule has 2 atom stereocenters. The van der Waals surface area contributed by atoms with Crippen molar-refractivity contribution in [3.05, 3.63) is 0 Å². The number of amides is 1. The van der Waals surface area contributed by atoms with Crippen molar-refractivity contribution in [2.45, 2.75) is 38.9 Å². The fourth-order valence-corrected chi connectivity index (χ4v) is 1.17. The molecule has 1 saturated carbocycles. The third-order valence-electron chi connectivity index (χ3n) is 2.44. The monoisotopic (exact) mass is 251 g/mol. The molecule has 0 aromatic rings. The highest BCUT2D eigenvalue weighted by molar-refractivity contribution is 9.09. The van der Waals surface area contributed by atoms with Crippen LogP contribution in [0.3, 0.4) is 0 Å². The van der Waals surface area contributed by atoms with Crippen LogP contribution in [0.15, 0.2) is 0 Å². The third kappa shape index (κ3) is 2.22. The van der Waals surface area contributed by atoms with E-state index in [-0.39, 0.29) is 11.4 Å². The van der Waals surface area contributed by atoms with E-state index in [1.807, 2.05) is 13.8 Å². The average molecular weight is 252 g/mol. The summed E-state index contributed by atoms with van der Waals surface area (Å²) in [4.78, 5) is 11.5. The Kier molecular flexibility index (Phi) is 2.72. The highest BCUT2D eigenvalue weighted by atomic mass is 79.9. The molecule has 2 unspecified atom stereocenters. The molecule has 0 aliphatic heterocycles. The van der Waals surface area contributed by atoms with Crippen LogP contribution in [0.4, 0.5) is 4.39 Å². The van der Waals surface area contributed by atoms with Gasteiger partial charge in [-0.15, -0.1) is 0 Å². The number of hydrogen-bond donors (Lipinski definition) is 1. The zero-order chi connectivity index (χ0) is 10.3. The van der Waals surface area contributed by atoms with Crippen molar-refractivity contribution in [1.29, 1.82) is 0 Å². The van der Waals surface area contributed by atoms with Crippen molar-refractivity contribution in [2.75, 3.05) is 5.33 Å². The topological polar surface area (TPSA) is 29.1 Å². The number of rotatable bonds is 3. The maximum absolute atomic E-state index is 12.8. The molecular formula is C9H15BrFNO. The number of nitrogens with one attached hydrogen (secondary N) is 1. The van der Waals surface area contributed by atoms with Crippen molar-refractivity contribution in [1.82, 2.24) is 5.32 Å². The van der Waals surface area contributed by atoms with E-state index in [1.54, 1.807) is 6.92 Å². The molecule has 0 aromatic heterocycles. The smallest absolute Gasteiger partial charge is 0.229 e. The van der Waals surface area contributed by atoms with Crippen LogP contribution in [0.2, 0.25) is 0 Å². The molecule has 0 saturated heterocycles. The van der Waals surface area contributed by atoms with Gasteiger partial charge in [0, 0.05) is 10.9 Å². The molecule has 0 radical (unpaired) electrons. The van der Waals surface area contributed by atoms with Crippen LogP contribution in [-0.4, -0.2) is 22.9 Å². The van der Waals surface area contributed by atoms with Crippen molar-refractivity contribution < 1.29 is 9.18 Å². The lowest BCUT2D eigenvalue weighted by atomic mass is 10.0. The molecule has 76 valence electrons. The van der Waals surface area contributed by atoms with E-state index in [0.29, 0.717) is 11.8 Å². The second-order valence-electron chi connectivity index (χ2n) is 4.56. The van der Waals surface area contributed by atoms with Crippen LogP contribution in [0.1, 0.15) is 27.2 Å². The molecule has 1 aliphatic carbocycles. The van der Waals surface area contributed by atoms with Gasteiger partial charge < -0.3 is 5.32 Å². The van der Waals surface area contributed by atoms with Gasteiger partial charge in [-0.2, -0.15) is 0 Å². The second kappa shape index (κ2) is 3.23. The van der Waals surface area contributed by atoms with Crippen LogP contribution < -0.4 is 5.32 Å². The summed E-state index contributed by atoms with van der Waals surface area (Å²) in [5.41, 5.74) is -1.07. The minimum atomic E-state index is -0.960. The molecular weight excluding hydrogens is 237 g/mol. The molecule has 4 heteroatoms. The molecule has 0 aromatic carbocycles. The van der Waals surface area contributed by atoms with Gasteiger partial charge >= 0.3 is 0 Å². The van der Waals surface area contributed by atoms with Crippen LogP contribution in [0.25, 0.3) is 0 Å². The fraction of sp³-hybridized carbons (Fsp3) is 0.889. The maximum Gasteiger partial charge on any atom is 0.229 e. The molecule has 1 N–H and O–H groups in total. The molecule has 1 amide bonds. The summed E-state index contributed by atoms with van der Waals surface area (Å²) < 4.78 is 12.8. The van der Waals surface area contributed by atoms with Gasteiger partial charge in [-0.05, 0) is 27.2 Å². The number of alkyl halides is 2. The quantitative estimate of drug-likeness (QED) is 0.765. The van der Waals surface area contributed by atoms with Crippen LogP contribution in [0, 0.1) is 5.41 Å². The van der Waals surface area contributed by atoms with E-state index in [4.69, 9.17) is 0 Å². The van der Waals surface area contributed by atoms with E-state index in [1.165, 1.54) is 0 Å². The largest absolute Gasteiger partial charge is 0.350 e. The number of hydrogen-bond acceptors (Lipinski definition) is 1. The molecule has 0 bridgehead atoms. The summed E-state index contributed by atoms with van der Waals surface area (Å²) in [6, 6.07) is 0. The van der Waals surface area contributed by atoms with Crippen molar-refractivity contribution >= 4 is 21.8 Å². The lowest BCUT2D eigenvalue weighted by Crippen LogP contribution is -2.48. The van der Waals surface area contributed by atoms with Gasteiger partial charge in [0.15, 0.2) is 0 Å². The van der Waals surface area contributed by atoms with Gasteiger partial charge in [0.2, 0.25) is 5.91 Å². The summed E-state index contributed by atoms with van der Waals surface area (Å²) in [6.07, 6.45) is -0.601. The Morgan fingerprint density at radius 3 is 2.54 bits per heavy atom. The molecule has 13 heavy (non-hydrogen) atoms. The first-order valence-electron chi connectivity index (χ1n) is 4.34. The Balaban J connectivity index is 2.52. The number of halogens is 2. The second-order valence-corrected chi connectivity index (χ2v) is 5.12. The predicted molar refractivity (Wildman–Crippen MR) is 53.6 cm³/mol. The van der Waals surface area contributed by atoms with Crippen molar-refractivity contribution in [3.8, 4) is 0 Å². The zero-order valence-electron chi connectivity index (χ0n) is 8.16. The highest BCUT2D eigenvalue weighted by Gasteiger charge is 2.57. The van der Waals surface area contributed by atoms with E-state index in [2.05, 4.69) is 21.2 Å². The van der Waals surface area contributed by atoms with E-state index >= 15 is 0 Å². The number of carbonyl (C=O) groups excluding carboxylic acids is 1. The number of carbonyl (C=O) groups is 1. The summed E-state index contributed by atoms with van der Waals surface area (Å²) in [6.45, 7) is 5.47. The first kappa shape index (κ1) is 11.0. The summed E-state index contributed by atoms with van der Waals surface area (Å²) >= 11 is 3.29.